The number of aromatic nitrogens is 2. The molecule has 2 aliphatic rings. The molecule has 0 amide bonds. The number of fused-ring (bicyclic) bond motifs is 2. The van der Waals surface area contributed by atoms with E-state index in [1.807, 2.05) is 36.4 Å². The second-order valence-electron chi connectivity index (χ2n) is 12.0. The first kappa shape index (κ1) is 33.4. The number of phenolic OH excluding ortho intramolecular Hbond substituents is 1. The minimum atomic E-state index is -1.14. The zero-order valence-corrected chi connectivity index (χ0v) is 27.8. The number of benzene rings is 4. The van der Waals surface area contributed by atoms with Gasteiger partial charge in [-0.1, -0.05) is 41.9 Å². The molecule has 0 fully saturated rings. The molecule has 7 rings (SSSR count). The number of carboxylic acid groups (broad SMARTS) is 1. The van der Waals surface area contributed by atoms with E-state index in [0.717, 1.165) is 11.4 Å². The van der Waals surface area contributed by atoms with Crippen molar-refractivity contribution in [3.05, 3.63) is 165 Å². The third-order valence-corrected chi connectivity index (χ3v) is 8.88. The van der Waals surface area contributed by atoms with E-state index in [-0.39, 0.29) is 34.2 Å². The van der Waals surface area contributed by atoms with Crippen molar-refractivity contribution in [1.82, 2.24) is 14.9 Å². The average Bonchev–Trinajstić information content (AvgIpc) is 3.12. The van der Waals surface area contributed by atoms with Crippen LogP contribution in [0.4, 0.5) is 10.1 Å². The predicted molar refractivity (Wildman–Crippen MR) is 193 cm³/mol. The summed E-state index contributed by atoms with van der Waals surface area (Å²) in [7, 11) is 0. The van der Waals surface area contributed by atoms with Gasteiger partial charge in [0.05, 0.1) is 27.5 Å². The molecule has 5 aromatic rings. The number of hydrogen-bond acceptors (Lipinski definition) is 8. The highest BCUT2D eigenvalue weighted by Gasteiger charge is 2.25. The number of rotatable bonds is 11. The molecule has 1 aliphatic heterocycles. The van der Waals surface area contributed by atoms with Crippen LogP contribution in [-0.2, 0) is 26.2 Å². The summed E-state index contributed by atoms with van der Waals surface area (Å²) in [6.45, 7) is 1.34. The maximum absolute atomic E-state index is 14.8. The summed E-state index contributed by atoms with van der Waals surface area (Å²) >= 11 is 6.27. The average molecular weight is 701 g/mol. The van der Waals surface area contributed by atoms with Gasteiger partial charge >= 0.3 is 5.97 Å². The highest BCUT2D eigenvalue weighted by atomic mass is 35.5. The van der Waals surface area contributed by atoms with Gasteiger partial charge in [0.2, 0.25) is 5.43 Å². The molecule has 3 heterocycles. The number of carboxylic acids is 1. The Morgan fingerprint density at radius 3 is 2.24 bits per heavy atom. The smallest absolute Gasteiger partial charge is 0.336 e. The Morgan fingerprint density at radius 1 is 0.843 bits per heavy atom. The minimum Gasteiger partial charge on any atom is -0.507 e. The van der Waals surface area contributed by atoms with E-state index in [0.29, 0.717) is 58.5 Å². The molecule has 0 saturated heterocycles. The van der Waals surface area contributed by atoms with Gasteiger partial charge in [0.1, 0.15) is 22.9 Å². The van der Waals surface area contributed by atoms with Crippen LogP contribution in [0.25, 0.3) is 33.4 Å². The van der Waals surface area contributed by atoms with Crippen LogP contribution in [0.2, 0.25) is 5.02 Å². The summed E-state index contributed by atoms with van der Waals surface area (Å²) in [5.41, 5.74) is 4.42. The Bertz CT molecular complexity index is 2360. The molecule has 254 valence electrons. The lowest BCUT2D eigenvalue weighted by atomic mass is 9.90. The lowest BCUT2D eigenvalue weighted by molar-refractivity contribution is 0.0697. The molecule has 0 bridgehead atoms. The number of phenols is 1. The van der Waals surface area contributed by atoms with Gasteiger partial charge in [-0.15, -0.1) is 0 Å². The molecule has 0 atom stereocenters. The van der Waals surface area contributed by atoms with Gasteiger partial charge in [0, 0.05) is 66.8 Å². The van der Waals surface area contributed by atoms with Crippen molar-refractivity contribution >= 4 is 34.2 Å². The first-order valence-corrected chi connectivity index (χ1v) is 16.4. The molecule has 0 spiro atoms. The Balaban J connectivity index is 1.29. The Hall–Kier alpha value is -6.10. The molecule has 0 unspecified atom stereocenters. The third-order valence-electron chi connectivity index (χ3n) is 8.59. The van der Waals surface area contributed by atoms with E-state index in [4.69, 9.17) is 16.0 Å². The van der Waals surface area contributed by atoms with Crippen LogP contribution >= 0.6 is 11.6 Å². The van der Waals surface area contributed by atoms with Gasteiger partial charge in [-0.25, -0.2) is 9.18 Å². The fourth-order valence-electron chi connectivity index (χ4n) is 6.25. The van der Waals surface area contributed by atoms with Crippen LogP contribution in [0.5, 0.6) is 5.75 Å². The van der Waals surface area contributed by atoms with Crippen LogP contribution in [-0.4, -0.2) is 31.1 Å². The van der Waals surface area contributed by atoms with Crippen molar-refractivity contribution in [3.8, 4) is 28.2 Å². The van der Waals surface area contributed by atoms with Gasteiger partial charge < -0.3 is 19.9 Å². The maximum Gasteiger partial charge on any atom is 0.336 e. The number of carbonyl (C=O) groups is 1. The molecule has 51 heavy (non-hydrogen) atoms. The SMILES string of the molecule is O=C(O)c1ccccc1-c1c2cc(Cl)c(=O)cc-2oc2c(CNc3ccc(F)cc3CN(Cc3ccccn3)Cc3ccccn3)c(O)ccc12. The lowest BCUT2D eigenvalue weighted by Gasteiger charge is -2.24. The van der Waals surface area contributed by atoms with Crippen LogP contribution in [0.3, 0.4) is 0 Å². The first-order valence-electron chi connectivity index (χ1n) is 16.0. The van der Waals surface area contributed by atoms with Gasteiger partial charge in [-0.2, -0.15) is 0 Å². The summed E-state index contributed by atoms with van der Waals surface area (Å²) in [5, 5.41) is 25.1. The van der Waals surface area contributed by atoms with Crippen molar-refractivity contribution in [2.75, 3.05) is 5.32 Å². The number of nitrogens with one attached hydrogen (secondary N) is 1. The number of aromatic carboxylic acids is 1. The van der Waals surface area contributed by atoms with Gasteiger partial charge in [-0.05, 0) is 77.9 Å². The van der Waals surface area contributed by atoms with Gasteiger partial charge in [-0.3, -0.25) is 19.7 Å². The molecule has 0 saturated carbocycles. The third kappa shape index (κ3) is 7.14. The minimum absolute atomic E-state index is 0.0368. The molecule has 1 aliphatic carbocycles. The highest BCUT2D eigenvalue weighted by Crippen LogP contribution is 2.44. The van der Waals surface area contributed by atoms with Crippen LogP contribution in [0.15, 0.2) is 125 Å². The zero-order valence-electron chi connectivity index (χ0n) is 27.0. The molecule has 3 aromatic carbocycles. The second-order valence-corrected chi connectivity index (χ2v) is 12.4. The van der Waals surface area contributed by atoms with Crippen LogP contribution in [0, 0.1) is 5.82 Å². The number of pyridine rings is 2. The lowest BCUT2D eigenvalue weighted by Crippen LogP contribution is -2.24. The summed E-state index contributed by atoms with van der Waals surface area (Å²) in [4.78, 5) is 36.0. The van der Waals surface area contributed by atoms with E-state index >= 15 is 0 Å². The standard InChI is InChI=1S/C40H30ClFN4O5/c41-33-18-31-37(19-36(33)48)51-39-30(38(31)28-9-1-2-10-29(28)40(49)50)12-14-35(47)32(39)20-45-34-13-11-25(42)17-24(34)21-46(22-26-7-3-5-15-43-26)23-27-8-4-6-16-44-27/h1-19,45,47H,20-23H2,(H,49,50). The van der Waals surface area contributed by atoms with E-state index in [2.05, 4.69) is 20.2 Å². The van der Waals surface area contributed by atoms with Gasteiger partial charge in [0.25, 0.3) is 0 Å². The van der Waals surface area contributed by atoms with Crippen molar-refractivity contribution in [1.29, 1.82) is 0 Å². The summed E-state index contributed by atoms with van der Waals surface area (Å²) in [6, 6.07) is 28.2. The quantitative estimate of drug-likeness (QED) is 0.114. The first-order chi connectivity index (χ1) is 24.7. The van der Waals surface area contributed by atoms with Crippen molar-refractivity contribution in [3.63, 3.8) is 0 Å². The van der Waals surface area contributed by atoms with Crippen LogP contribution in [0.1, 0.15) is 32.9 Å². The van der Waals surface area contributed by atoms with Crippen molar-refractivity contribution in [2.45, 2.75) is 26.2 Å². The zero-order chi connectivity index (χ0) is 35.5. The predicted octanol–water partition coefficient (Wildman–Crippen LogP) is 8.37. The molecule has 3 N–H and O–H groups in total. The normalized spacial score (nSPS) is 11.4. The number of aromatic hydroxyl groups is 1. The van der Waals surface area contributed by atoms with E-state index in [9.17, 15) is 24.2 Å². The molecule has 9 nitrogen and oxygen atoms in total. The highest BCUT2D eigenvalue weighted by molar-refractivity contribution is 6.31. The van der Waals surface area contributed by atoms with E-state index < -0.39 is 17.2 Å². The Labute approximate surface area is 296 Å². The number of halogens is 2. The summed E-state index contributed by atoms with van der Waals surface area (Å²) in [6.07, 6.45) is 3.46. The molecule has 2 aromatic heterocycles. The van der Waals surface area contributed by atoms with E-state index in [1.165, 1.54) is 36.4 Å². The molecule has 0 radical (unpaired) electrons. The van der Waals surface area contributed by atoms with E-state index in [1.54, 1.807) is 42.7 Å². The number of hydrogen-bond donors (Lipinski definition) is 3. The number of nitrogens with zero attached hydrogens (tertiary/aromatic N) is 3. The molecule has 11 heteroatoms. The second kappa shape index (κ2) is 14.4. The van der Waals surface area contributed by atoms with Gasteiger partial charge in [0.15, 0.2) is 0 Å². The summed E-state index contributed by atoms with van der Waals surface area (Å²) in [5.74, 6) is -1.47. The van der Waals surface area contributed by atoms with Crippen molar-refractivity contribution in [2.24, 2.45) is 0 Å². The Morgan fingerprint density at radius 2 is 1.55 bits per heavy atom. The fourth-order valence-corrected chi connectivity index (χ4v) is 6.41. The largest absolute Gasteiger partial charge is 0.507 e. The number of anilines is 1. The topological polar surface area (TPSA) is 129 Å². The fraction of sp³-hybridized carbons (Fsp3) is 0.100. The maximum atomic E-state index is 14.8. The van der Waals surface area contributed by atoms with Crippen LogP contribution < -0.4 is 10.7 Å². The Kier molecular flexibility index (Phi) is 9.43. The monoisotopic (exact) mass is 700 g/mol. The summed E-state index contributed by atoms with van der Waals surface area (Å²) < 4.78 is 21.1. The molecular formula is C40H30ClFN4O5. The molecular weight excluding hydrogens is 671 g/mol. The van der Waals surface area contributed by atoms with Crippen molar-refractivity contribution < 1.29 is 23.8 Å².